The second-order valence-electron chi connectivity index (χ2n) is 8.12. The van der Waals surface area contributed by atoms with Crippen LogP contribution in [0.4, 0.5) is 4.39 Å². The minimum absolute atomic E-state index is 0.384. The van der Waals surface area contributed by atoms with Crippen molar-refractivity contribution >= 4 is 11.9 Å². The number of aromatic nitrogens is 3. The van der Waals surface area contributed by atoms with Crippen LogP contribution in [0.15, 0.2) is 59.9 Å². The number of aryl methyl sites for hydroxylation is 1. The Kier molecular flexibility index (Phi) is 5.33. The van der Waals surface area contributed by atoms with E-state index in [1.165, 1.54) is 12.3 Å². The molecule has 33 heavy (non-hydrogen) atoms. The summed E-state index contributed by atoms with van der Waals surface area (Å²) in [6.07, 6.45) is 9.98. The van der Waals surface area contributed by atoms with Crippen LogP contribution in [0.3, 0.4) is 0 Å². The third kappa shape index (κ3) is 3.64. The average Bonchev–Trinajstić information content (AvgIpc) is 3.44. The van der Waals surface area contributed by atoms with E-state index in [4.69, 9.17) is 9.57 Å². The lowest BCUT2D eigenvalue weighted by Crippen LogP contribution is -2.51. The Morgan fingerprint density at radius 3 is 2.91 bits per heavy atom. The molecule has 0 saturated carbocycles. The number of piperidine rings is 1. The zero-order valence-electron chi connectivity index (χ0n) is 18.4. The molecule has 1 atom stereocenters. The molecule has 0 bridgehead atoms. The van der Waals surface area contributed by atoms with Gasteiger partial charge in [-0.25, -0.2) is 9.37 Å². The Morgan fingerprint density at radius 2 is 2.18 bits per heavy atom. The van der Waals surface area contributed by atoms with Gasteiger partial charge < -0.3 is 24.1 Å². The Hall–Kier alpha value is -3.72. The van der Waals surface area contributed by atoms with E-state index in [1.54, 1.807) is 13.4 Å². The minimum atomic E-state index is -1.29. The number of imidazole rings is 1. The van der Waals surface area contributed by atoms with Gasteiger partial charge in [-0.2, -0.15) is 0 Å². The number of nitrogens with zero attached hydrogens (tertiary/aromatic N) is 5. The van der Waals surface area contributed by atoms with Crippen molar-refractivity contribution in [1.29, 1.82) is 0 Å². The van der Waals surface area contributed by atoms with Crippen molar-refractivity contribution in [2.45, 2.75) is 25.5 Å². The highest BCUT2D eigenvalue weighted by molar-refractivity contribution is 6.03. The summed E-state index contributed by atoms with van der Waals surface area (Å²) in [6.45, 7) is 2.17. The van der Waals surface area contributed by atoms with Crippen LogP contribution in [0.25, 0.3) is 11.8 Å². The van der Waals surface area contributed by atoms with Crippen molar-refractivity contribution in [3.63, 3.8) is 0 Å². The first-order valence-corrected chi connectivity index (χ1v) is 10.7. The van der Waals surface area contributed by atoms with Crippen molar-refractivity contribution in [2.24, 2.45) is 5.16 Å². The summed E-state index contributed by atoms with van der Waals surface area (Å²) >= 11 is 0. The van der Waals surface area contributed by atoms with Gasteiger partial charge in [-0.1, -0.05) is 11.2 Å². The summed E-state index contributed by atoms with van der Waals surface area (Å²) < 4.78 is 21.4. The zero-order chi connectivity index (χ0) is 23.0. The number of hydrogen-bond donors (Lipinski definition) is 1. The number of halogens is 1. The number of methoxy groups -OCH3 is 1. The van der Waals surface area contributed by atoms with Gasteiger partial charge in [0.05, 0.1) is 31.0 Å². The van der Waals surface area contributed by atoms with Crippen LogP contribution in [0.5, 0.6) is 5.75 Å². The molecular weight excluding hydrogens is 425 g/mol. The summed E-state index contributed by atoms with van der Waals surface area (Å²) in [5, 5.41) is 14.5. The number of aliphatic hydroxyl groups is 1. The van der Waals surface area contributed by atoms with E-state index in [2.05, 4.69) is 15.1 Å². The molecule has 0 unspecified atom stereocenters. The van der Waals surface area contributed by atoms with Crippen molar-refractivity contribution in [1.82, 2.24) is 19.4 Å². The van der Waals surface area contributed by atoms with Crippen molar-refractivity contribution < 1.29 is 19.1 Å². The summed E-state index contributed by atoms with van der Waals surface area (Å²) in [4.78, 5) is 15.8. The molecule has 2 aliphatic rings. The van der Waals surface area contributed by atoms with Gasteiger partial charge in [0.15, 0.2) is 5.84 Å². The van der Waals surface area contributed by atoms with Crippen molar-refractivity contribution in [3.05, 3.63) is 77.4 Å². The normalized spacial score (nSPS) is 21.0. The number of aliphatic hydroxyl groups excluding tert-OH is 1. The first-order valence-electron chi connectivity index (χ1n) is 10.7. The maximum atomic E-state index is 13.9. The van der Waals surface area contributed by atoms with Gasteiger partial charge in [0.1, 0.15) is 18.2 Å². The molecule has 0 spiro atoms. The van der Waals surface area contributed by atoms with Gasteiger partial charge in [-0.15, -0.1) is 0 Å². The van der Waals surface area contributed by atoms with Gasteiger partial charge in [-0.3, -0.25) is 4.98 Å². The molecule has 1 fully saturated rings. The van der Waals surface area contributed by atoms with Crippen molar-refractivity contribution in [3.8, 4) is 11.4 Å². The van der Waals surface area contributed by atoms with E-state index < -0.39 is 11.5 Å². The molecular formula is C24H24FN5O3. The lowest BCUT2D eigenvalue weighted by Gasteiger charge is -2.38. The Morgan fingerprint density at radius 1 is 1.30 bits per heavy atom. The molecule has 170 valence electrons. The van der Waals surface area contributed by atoms with Crippen LogP contribution in [0.1, 0.15) is 29.7 Å². The van der Waals surface area contributed by atoms with Crippen LogP contribution < -0.4 is 4.74 Å². The van der Waals surface area contributed by atoms with Crippen LogP contribution in [0.2, 0.25) is 0 Å². The highest BCUT2D eigenvalue weighted by Crippen LogP contribution is 2.40. The number of benzene rings is 1. The first kappa shape index (κ1) is 21.1. The number of hydrogen-bond acceptors (Lipinski definition) is 7. The SMILES string of the molecule is COc1cc(/C=C2\CCCN3C2=NO[C@]3(CO)c2cncc(F)c2)ccc1-n1cnc(C)c1. The van der Waals surface area contributed by atoms with Gasteiger partial charge >= 0.3 is 0 Å². The molecule has 0 radical (unpaired) electrons. The molecule has 9 heteroatoms. The number of oxime groups is 1. The third-order valence-corrected chi connectivity index (χ3v) is 5.99. The van der Waals surface area contributed by atoms with Crippen LogP contribution >= 0.6 is 0 Å². The molecule has 8 nitrogen and oxygen atoms in total. The number of amidine groups is 1. The summed E-state index contributed by atoms with van der Waals surface area (Å²) in [5.74, 6) is 0.854. The molecule has 4 heterocycles. The van der Waals surface area contributed by atoms with Crippen LogP contribution in [0, 0.1) is 12.7 Å². The fourth-order valence-electron chi connectivity index (χ4n) is 4.37. The lowest BCUT2D eigenvalue weighted by molar-refractivity contribution is -0.137. The van der Waals surface area contributed by atoms with Gasteiger partial charge in [0.25, 0.3) is 5.72 Å². The molecule has 0 aliphatic carbocycles. The Balaban J connectivity index is 1.48. The van der Waals surface area contributed by atoms with E-state index in [0.29, 0.717) is 17.9 Å². The second-order valence-corrected chi connectivity index (χ2v) is 8.12. The number of rotatable bonds is 5. The van der Waals surface area contributed by atoms with E-state index in [9.17, 15) is 9.50 Å². The lowest BCUT2D eigenvalue weighted by atomic mass is 9.95. The Labute approximate surface area is 190 Å². The minimum Gasteiger partial charge on any atom is -0.495 e. The molecule has 5 rings (SSSR count). The fraction of sp³-hybridized carbons (Fsp3) is 0.292. The quantitative estimate of drug-likeness (QED) is 0.643. The van der Waals surface area contributed by atoms with E-state index in [-0.39, 0.29) is 6.61 Å². The molecule has 1 saturated heterocycles. The first-order chi connectivity index (χ1) is 16.0. The zero-order valence-corrected chi connectivity index (χ0v) is 18.4. The second kappa shape index (κ2) is 8.32. The van der Waals surface area contributed by atoms with Gasteiger partial charge in [0.2, 0.25) is 0 Å². The number of fused-ring (bicyclic) bond motifs is 1. The van der Waals surface area contributed by atoms with Crippen LogP contribution in [-0.2, 0) is 10.6 Å². The maximum absolute atomic E-state index is 13.9. The molecule has 0 amide bonds. The summed E-state index contributed by atoms with van der Waals surface area (Å²) in [5.41, 5.74) is 2.86. The standard InChI is InChI=1S/C24H24FN5O3/c1-16-13-29(15-27-16)21-6-5-17(9-22(21)32-2)8-18-4-3-7-30-23(18)28-33-24(30,14-31)19-10-20(25)12-26-11-19/h5-6,8-13,15,31H,3-4,7,14H2,1-2H3/b18-8+/t24-/m1/s1. The number of ether oxygens (including phenoxy) is 1. The molecule has 3 aromatic rings. The van der Waals surface area contributed by atoms with Gasteiger partial charge in [0, 0.05) is 24.5 Å². The predicted octanol–water partition coefficient (Wildman–Crippen LogP) is 3.39. The topological polar surface area (TPSA) is 85.0 Å². The highest BCUT2D eigenvalue weighted by Gasteiger charge is 2.49. The molecule has 1 N–H and O–H groups in total. The molecule has 1 aromatic carbocycles. The molecule has 2 aromatic heterocycles. The predicted molar refractivity (Wildman–Crippen MR) is 120 cm³/mol. The average molecular weight is 449 g/mol. The monoisotopic (exact) mass is 449 g/mol. The maximum Gasteiger partial charge on any atom is 0.261 e. The van der Waals surface area contributed by atoms with E-state index >= 15 is 0 Å². The number of pyridine rings is 1. The largest absolute Gasteiger partial charge is 0.495 e. The smallest absolute Gasteiger partial charge is 0.261 e. The third-order valence-electron chi connectivity index (χ3n) is 5.99. The summed E-state index contributed by atoms with van der Waals surface area (Å²) in [6, 6.07) is 7.27. The summed E-state index contributed by atoms with van der Waals surface area (Å²) in [7, 11) is 1.64. The van der Waals surface area contributed by atoms with Crippen molar-refractivity contribution in [2.75, 3.05) is 20.3 Å². The van der Waals surface area contributed by atoms with E-state index in [1.807, 2.05) is 46.9 Å². The fourth-order valence-corrected chi connectivity index (χ4v) is 4.37. The van der Waals surface area contributed by atoms with Gasteiger partial charge in [-0.05, 0) is 55.2 Å². The van der Waals surface area contributed by atoms with E-state index in [0.717, 1.165) is 47.3 Å². The Bertz CT molecular complexity index is 1250. The highest BCUT2D eigenvalue weighted by atomic mass is 19.1. The van der Waals surface area contributed by atoms with Crippen LogP contribution in [-0.4, -0.2) is 50.6 Å². The molecule has 2 aliphatic heterocycles.